The molecule has 47 heavy (non-hydrogen) atoms. The second-order valence-electron chi connectivity index (χ2n) is 12.0. The molecular formula is C36H43N5O6. The van der Waals surface area contributed by atoms with Gasteiger partial charge in [-0.15, -0.1) is 0 Å². The van der Waals surface area contributed by atoms with Crippen molar-refractivity contribution in [2.24, 2.45) is 0 Å². The van der Waals surface area contributed by atoms with Gasteiger partial charge in [0, 0.05) is 31.5 Å². The molecular weight excluding hydrogens is 598 g/mol. The van der Waals surface area contributed by atoms with Crippen LogP contribution in [0.3, 0.4) is 0 Å². The SMILES string of the molecule is COc1cc2c(c(OC)c1OC)-c1ccc(NC(C)C(=O)NCCc3nc4ccccc4n3C(C)C)c(=O)cc1C(NC(C)=O)CC2. The van der Waals surface area contributed by atoms with E-state index in [1.807, 2.05) is 30.3 Å². The largest absolute Gasteiger partial charge is 0.493 e. The third-order valence-electron chi connectivity index (χ3n) is 8.51. The Hall–Kier alpha value is -5.06. The van der Waals surface area contributed by atoms with E-state index in [1.165, 1.54) is 13.0 Å². The number of ether oxygens (including phenoxy) is 3. The van der Waals surface area contributed by atoms with Crippen molar-refractivity contribution in [3.63, 3.8) is 0 Å². The van der Waals surface area contributed by atoms with Crippen molar-refractivity contribution in [3.05, 3.63) is 75.7 Å². The highest BCUT2D eigenvalue weighted by molar-refractivity contribution is 5.86. The number of amides is 2. The van der Waals surface area contributed by atoms with Crippen molar-refractivity contribution in [2.45, 2.75) is 65.1 Å². The van der Waals surface area contributed by atoms with Gasteiger partial charge in [-0.1, -0.05) is 18.2 Å². The lowest BCUT2D eigenvalue weighted by molar-refractivity contribution is -0.121. The van der Waals surface area contributed by atoms with Gasteiger partial charge < -0.3 is 34.7 Å². The molecule has 0 radical (unpaired) electrons. The molecule has 248 valence electrons. The lowest BCUT2D eigenvalue weighted by Crippen LogP contribution is -2.39. The summed E-state index contributed by atoms with van der Waals surface area (Å²) in [5.41, 5.74) is 4.98. The molecule has 11 nitrogen and oxygen atoms in total. The second kappa shape index (κ2) is 14.1. The van der Waals surface area contributed by atoms with Gasteiger partial charge in [-0.3, -0.25) is 14.4 Å². The molecule has 0 fully saturated rings. The number of methoxy groups -OCH3 is 3. The van der Waals surface area contributed by atoms with E-state index in [-0.39, 0.29) is 29.0 Å². The Labute approximate surface area is 274 Å². The maximum Gasteiger partial charge on any atom is 0.242 e. The first-order chi connectivity index (χ1) is 22.6. The molecule has 3 N–H and O–H groups in total. The van der Waals surface area contributed by atoms with Gasteiger partial charge in [0.05, 0.1) is 44.1 Å². The van der Waals surface area contributed by atoms with Crippen LogP contribution in [0.5, 0.6) is 17.2 Å². The summed E-state index contributed by atoms with van der Waals surface area (Å²) < 4.78 is 19.3. The van der Waals surface area contributed by atoms with Crippen LogP contribution < -0.4 is 35.6 Å². The molecule has 11 heteroatoms. The van der Waals surface area contributed by atoms with E-state index in [1.54, 1.807) is 34.3 Å². The molecule has 0 saturated heterocycles. The van der Waals surface area contributed by atoms with Gasteiger partial charge in [-0.2, -0.15) is 0 Å². The van der Waals surface area contributed by atoms with Crippen molar-refractivity contribution in [3.8, 4) is 28.4 Å². The molecule has 0 spiro atoms. The fourth-order valence-corrected chi connectivity index (χ4v) is 6.42. The van der Waals surface area contributed by atoms with Crippen LogP contribution >= 0.6 is 0 Å². The fourth-order valence-electron chi connectivity index (χ4n) is 6.42. The van der Waals surface area contributed by atoms with Gasteiger partial charge >= 0.3 is 0 Å². The van der Waals surface area contributed by atoms with Crippen molar-refractivity contribution in [1.29, 1.82) is 0 Å². The summed E-state index contributed by atoms with van der Waals surface area (Å²) in [6.45, 7) is 7.79. The summed E-state index contributed by atoms with van der Waals surface area (Å²) in [6, 6.07) is 14.0. The Morgan fingerprint density at radius 1 is 1.00 bits per heavy atom. The van der Waals surface area contributed by atoms with Crippen LogP contribution in [0.4, 0.5) is 5.69 Å². The normalized spacial score (nSPS) is 14.4. The molecule has 4 aromatic rings. The number of aromatic nitrogens is 2. The summed E-state index contributed by atoms with van der Waals surface area (Å²) in [7, 11) is 4.66. The molecule has 0 aliphatic heterocycles. The van der Waals surface area contributed by atoms with Gasteiger partial charge in [0.15, 0.2) is 11.5 Å². The number of anilines is 1. The molecule has 0 bridgehead atoms. The molecule has 2 unspecified atom stereocenters. The smallest absolute Gasteiger partial charge is 0.242 e. The topological polar surface area (TPSA) is 133 Å². The number of imidazole rings is 1. The number of para-hydroxylation sites is 2. The molecule has 1 heterocycles. The van der Waals surface area contributed by atoms with Crippen molar-refractivity contribution < 1.29 is 23.8 Å². The molecule has 1 aliphatic carbocycles. The van der Waals surface area contributed by atoms with Gasteiger partial charge in [-0.05, 0) is 80.6 Å². The van der Waals surface area contributed by atoms with Gasteiger partial charge in [0.2, 0.25) is 23.0 Å². The summed E-state index contributed by atoms with van der Waals surface area (Å²) in [6.07, 6.45) is 1.71. The number of carbonyl (C=O) groups excluding carboxylic acids is 2. The average molecular weight is 642 g/mol. The zero-order valence-corrected chi connectivity index (χ0v) is 28.0. The van der Waals surface area contributed by atoms with E-state index < -0.39 is 12.1 Å². The van der Waals surface area contributed by atoms with E-state index in [0.717, 1.165) is 28.0 Å². The maximum atomic E-state index is 13.7. The highest BCUT2D eigenvalue weighted by Crippen LogP contribution is 2.50. The lowest BCUT2D eigenvalue weighted by atomic mass is 9.95. The van der Waals surface area contributed by atoms with Gasteiger partial charge in [-0.25, -0.2) is 4.98 Å². The van der Waals surface area contributed by atoms with Crippen LogP contribution in [0.25, 0.3) is 22.2 Å². The average Bonchev–Trinajstić information content (AvgIpc) is 3.27. The van der Waals surface area contributed by atoms with E-state index in [9.17, 15) is 14.4 Å². The highest BCUT2D eigenvalue weighted by atomic mass is 16.5. The highest BCUT2D eigenvalue weighted by Gasteiger charge is 2.29. The number of nitrogens with zero attached hydrogens (tertiary/aromatic N) is 2. The van der Waals surface area contributed by atoms with E-state index in [4.69, 9.17) is 19.2 Å². The first-order valence-electron chi connectivity index (χ1n) is 15.9. The van der Waals surface area contributed by atoms with E-state index in [0.29, 0.717) is 54.2 Å². The van der Waals surface area contributed by atoms with Gasteiger partial charge in [0.25, 0.3) is 0 Å². The van der Waals surface area contributed by atoms with E-state index in [2.05, 4.69) is 40.4 Å². The monoisotopic (exact) mass is 641 g/mol. The molecule has 2 amide bonds. The number of hydrogen-bond donors (Lipinski definition) is 3. The minimum atomic E-state index is -0.703. The number of aryl methyl sites for hydroxylation is 1. The van der Waals surface area contributed by atoms with Crippen LogP contribution in [0.15, 0.2) is 53.3 Å². The third-order valence-corrected chi connectivity index (χ3v) is 8.51. The molecule has 2 atom stereocenters. The quantitative estimate of drug-likeness (QED) is 0.210. The summed E-state index contributed by atoms with van der Waals surface area (Å²) >= 11 is 0. The minimum absolute atomic E-state index is 0.208. The van der Waals surface area contributed by atoms with Crippen LogP contribution in [0.2, 0.25) is 0 Å². The van der Waals surface area contributed by atoms with E-state index >= 15 is 0 Å². The maximum absolute atomic E-state index is 13.7. The number of carbonyl (C=O) groups is 2. The Morgan fingerprint density at radius 3 is 2.43 bits per heavy atom. The zero-order chi connectivity index (χ0) is 33.8. The second-order valence-corrected chi connectivity index (χ2v) is 12.0. The van der Waals surface area contributed by atoms with Crippen molar-refractivity contribution >= 4 is 28.5 Å². The predicted octanol–water partition coefficient (Wildman–Crippen LogP) is 4.95. The number of nitrogens with one attached hydrogen (secondary N) is 3. The molecule has 1 aromatic heterocycles. The number of fused-ring (bicyclic) bond motifs is 4. The lowest BCUT2D eigenvalue weighted by Gasteiger charge is -2.19. The third kappa shape index (κ3) is 6.74. The van der Waals surface area contributed by atoms with Crippen LogP contribution in [-0.2, 0) is 22.4 Å². The van der Waals surface area contributed by atoms with Crippen LogP contribution in [0, 0.1) is 0 Å². The van der Waals surface area contributed by atoms with Crippen molar-refractivity contribution in [1.82, 2.24) is 20.2 Å². The van der Waals surface area contributed by atoms with Crippen LogP contribution in [0.1, 0.15) is 63.2 Å². The predicted molar refractivity (Wildman–Crippen MR) is 183 cm³/mol. The first-order valence-corrected chi connectivity index (χ1v) is 15.9. The Morgan fingerprint density at radius 2 is 1.74 bits per heavy atom. The summed E-state index contributed by atoms with van der Waals surface area (Å²) in [5.74, 6) is 1.87. The number of benzene rings is 2. The Bertz CT molecular complexity index is 1870. The Kier molecular flexibility index (Phi) is 10.0. The first kappa shape index (κ1) is 33.3. The summed E-state index contributed by atoms with van der Waals surface area (Å²) in [4.78, 5) is 43.9. The van der Waals surface area contributed by atoms with Gasteiger partial charge in [0.1, 0.15) is 11.9 Å². The fraction of sp³-hybridized carbons (Fsp3) is 0.389. The number of rotatable bonds is 11. The Balaban J connectivity index is 1.42. The molecule has 3 aromatic carbocycles. The number of hydrogen-bond acceptors (Lipinski definition) is 8. The minimum Gasteiger partial charge on any atom is -0.493 e. The van der Waals surface area contributed by atoms with Crippen molar-refractivity contribution in [2.75, 3.05) is 33.2 Å². The molecule has 0 saturated carbocycles. The molecule has 1 aliphatic rings. The standard InChI is InChI=1S/C36H43N5O6/c1-20(2)41-29-11-9-8-10-27(29)40-32(41)16-17-37-36(44)21(3)38-28-15-13-24-25(19-30(28)43)26(39-22(4)42)14-12-23-18-31(45-5)34(46-6)35(47-7)33(23)24/h8-11,13,15,18-21,26H,12,14,16-17H2,1-7H3,(H,37,44)(H,38,43)(H,39,42). The molecule has 5 rings (SSSR count). The summed E-state index contributed by atoms with van der Waals surface area (Å²) in [5, 5.41) is 9.10. The zero-order valence-electron chi connectivity index (χ0n) is 28.0. The van der Waals surface area contributed by atoms with Crippen LogP contribution in [-0.4, -0.2) is 55.3 Å².